The number of benzene rings is 11. The van der Waals surface area contributed by atoms with E-state index in [-0.39, 0.29) is 103 Å². The molecule has 0 fully saturated rings. The first-order valence-corrected chi connectivity index (χ1v) is 48.7. The number of imidazole rings is 10. The third kappa shape index (κ3) is 18.1. The minimum atomic E-state index is -0.746. The molecule has 0 aliphatic carbocycles. The Morgan fingerprint density at radius 1 is 0.260 bits per heavy atom. The molecule has 3 aliphatic heterocycles. The average molecular weight is 2610 g/mol. The molecule has 4 N–H and O–H groups in total. The van der Waals surface area contributed by atoms with Crippen LogP contribution in [0, 0.1) is 0 Å². The normalized spacial score (nSPS) is 13.1. The van der Waals surface area contributed by atoms with Gasteiger partial charge < -0.3 is 102 Å². The second kappa shape index (κ2) is 40.8. The minimum absolute atomic E-state index is 0. The van der Waals surface area contributed by atoms with E-state index >= 15 is 0 Å². The number of phenolic OH excluding ortho intramolecular Hbond substituents is 4. The third-order valence-corrected chi connectivity index (χ3v) is 29.5. The number of phenols is 4. The van der Waals surface area contributed by atoms with Gasteiger partial charge in [0, 0.05) is 205 Å². The van der Waals surface area contributed by atoms with E-state index in [4.69, 9.17) is 65.1 Å². The summed E-state index contributed by atoms with van der Waals surface area (Å²) in [6.45, 7) is 16.8. The van der Waals surface area contributed by atoms with Crippen molar-refractivity contribution in [3.63, 3.8) is 0 Å². The molecular weight excluding hydrogens is 2510 g/mol. The SMILES string of the molecule is CC1(C)c2cn(-c3ccccc3)c(n2)-c2cccc(c2O)-c2cccc(c2O)-c2nc1cn2-c1ccccc1.CC1(C)c2cn(-c3ccccc3)c(n2)-c2cccc(c2O)C(C)(C)c2cccc(c2O)-c2nc1cn2-c1ccccc1.Cn1cc2nc1-c1cccc(c1[S-])C(C)(C)c1cccc(c1[S-])-c1nc(cn1C)-c1ccccc1-2.Cn1cc2nc1n(C)c1ncc([n-]1)n(C)c1cnc([n-]1)n(C)c1nc(cn1C)n2C.[Cu+2].[Pt+2].[Pt].[Pt]. The van der Waals surface area contributed by atoms with Gasteiger partial charge in [-0.05, 0) is 145 Å². The summed E-state index contributed by atoms with van der Waals surface area (Å²) in [6.07, 6.45) is 19.6. The maximum absolute atomic E-state index is 11.9. The van der Waals surface area contributed by atoms with Crippen LogP contribution in [0.3, 0.4) is 0 Å². The number of hydrogen-bond donors (Lipinski definition) is 4. The molecule has 28 nitrogen and oxygen atoms in total. The molecule has 0 spiro atoms. The molecule has 0 atom stereocenters. The van der Waals surface area contributed by atoms with Crippen LogP contribution in [-0.2, 0) is 184 Å². The molecule has 11 aromatic heterocycles. The number of aromatic nitrogens is 24. The number of aryl methyl sites for hydroxylation is 8. The van der Waals surface area contributed by atoms with Crippen molar-refractivity contribution in [1.29, 1.82) is 0 Å². The van der Waals surface area contributed by atoms with E-state index in [0.29, 0.717) is 102 Å². The Hall–Kier alpha value is -15.1. The van der Waals surface area contributed by atoms with Gasteiger partial charge >= 0.3 is 38.1 Å². The zero-order valence-electron chi connectivity index (χ0n) is 84.6. The van der Waals surface area contributed by atoms with E-state index < -0.39 is 21.7 Å². The second-order valence-corrected chi connectivity index (χ2v) is 40.1. The van der Waals surface area contributed by atoms with Crippen LogP contribution in [0.25, 0.3) is 170 Å². The monoisotopic (exact) mass is 2610 g/mol. The third-order valence-electron chi connectivity index (χ3n) is 28.6. The Morgan fingerprint density at radius 2 is 0.533 bits per heavy atom. The number of rotatable bonds is 4. The Balaban J connectivity index is 0.000000130. The smallest absolute Gasteiger partial charge is 0.779 e. The van der Waals surface area contributed by atoms with Gasteiger partial charge in [-0.2, -0.15) is 9.79 Å². The molecule has 34 heteroatoms. The fraction of sp³-hybridized carbons (Fsp3) is 0.172. The largest absolute Gasteiger partial charge is 2.00 e. The number of fused-ring (bicyclic) bond motifs is 42. The van der Waals surface area contributed by atoms with Crippen molar-refractivity contribution in [2.45, 2.75) is 86.8 Å². The number of para-hydroxylation sites is 8. The van der Waals surface area contributed by atoms with Crippen molar-refractivity contribution in [3.8, 4) is 148 Å². The van der Waals surface area contributed by atoms with Gasteiger partial charge in [0.1, 0.15) is 57.9 Å². The molecule has 22 aromatic rings. The molecule has 25 rings (SSSR count). The molecule has 0 unspecified atom stereocenters. The molecule has 765 valence electrons. The van der Waals surface area contributed by atoms with Gasteiger partial charge in [0.15, 0.2) is 22.8 Å². The van der Waals surface area contributed by atoms with E-state index in [0.717, 1.165) is 123 Å². The maximum Gasteiger partial charge on any atom is 2.00 e. The summed E-state index contributed by atoms with van der Waals surface area (Å²) in [4.78, 5) is 60.2. The summed E-state index contributed by atoms with van der Waals surface area (Å²) in [7, 11) is 15.5. The zero-order valence-corrected chi connectivity index (χ0v) is 94.0. The summed E-state index contributed by atoms with van der Waals surface area (Å²) in [5.74, 6) is 7.11. The van der Waals surface area contributed by atoms with Crippen molar-refractivity contribution >= 4 is 71.0 Å². The standard InChI is InChI=1S/C36H32N4O2.C33H26N4O2.C29H26N4S2.C18H22N12.Cu.3Pt/c1-35(2)27-19-11-17-25(31(27)41)33-37-29(21-39(33)23-13-7-5-8-14-23)36(3,4)30-22-40(24-15-9-6-10-16-24)34(38-30)26-18-12-20-28(35)32(26)42;1-33(2)27-19-36(21-11-5-3-6-12-21)31(34-27)25-17-9-15-23(29(25)38)24-16-10-18-26(30(24)39)32-35-28(33)20-37(32)22-13-7-4-8-14-22;1-29(2)21-13-7-11-19(25(21)34)27-30-23(15-32(27)3)17-9-5-6-10-18(17)24-16-33(4)28(31-24)20-12-8-14-22(29)26(20)35;1-25-9-13-23-17(25)29(5)15-19-7-11(21-15)27(3)12-8-20-16(22-12)30(6)18-24-14(28(13)4)10-26(18)2;;;;/h5-22,41-42H,1-4H3;3-20,38-39H,1-2H3;5-16,34-35H,1-4H3;7-10H,1-6H3;;;;/q;;;-2;+2;;;+2/p-2. The maximum atomic E-state index is 11.9. The predicted octanol–water partition coefficient (Wildman–Crippen LogP) is 21.8. The minimum Gasteiger partial charge on any atom is -0.779 e. The van der Waals surface area contributed by atoms with Crippen LogP contribution >= 0.6 is 0 Å². The van der Waals surface area contributed by atoms with E-state index in [1.807, 2.05) is 359 Å². The molecular formula is C116H104CuN24O4Pt3S2. The number of aromatic hydroxyl groups is 4. The summed E-state index contributed by atoms with van der Waals surface area (Å²) in [6, 6.07) is 83.4. The molecule has 3 aliphatic rings. The first-order valence-electron chi connectivity index (χ1n) is 47.9. The predicted molar refractivity (Wildman–Crippen MR) is 575 cm³/mol. The van der Waals surface area contributed by atoms with Gasteiger partial charge in [0.2, 0.25) is 0 Å². The van der Waals surface area contributed by atoms with Crippen LogP contribution in [-0.4, -0.2) is 125 Å². The zero-order chi connectivity index (χ0) is 102. The van der Waals surface area contributed by atoms with Gasteiger partial charge in [-0.1, -0.05) is 221 Å². The number of nitrogens with zero attached hydrogens (tertiary/aromatic N) is 24. The van der Waals surface area contributed by atoms with E-state index in [2.05, 4.69) is 132 Å². The van der Waals surface area contributed by atoms with Crippen LogP contribution in [0.15, 0.2) is 327 Å². The molecule has 0 amide bonds. The fourth-order valence-electron chi connectivity index (χ4n) is 20.0. The van der Waals surface area contributed by atoms with E-state index in [9.17, 15) is 20.4 Å². The topological polar surface area (TPSA) is 297 Å². The summed E-state index contributed by atoms with van der Waals surface area (Å²) in [5, 5.41) is 47.0. The molecule has 0 saturated heterocycles. The first kappa shape index (κ1) is 105. The van der Waals surface area contributed by atoms with Crippen molar-refractivity contribution in [2.24, 2.45) is 56.4 Å². The number of hydrogen-bond acceptors (Lipinski definition) is 16. The molecule has 0 saturated carbocycles. The van der Waals surface area contributed by atoms with Gasteiger partial charge in [-0.15, -0.1) is 0 Å². The van der Waals surface area contributed by atoms with Gasteiger partial charge in [-0.3, -0.25) is 18.3 Å². The summed E-state index contributed by atoms with van der Waals surface area (Å²) in [5.41, 5.74) is 20.2. The summed E-state index contributed by atoms with van der Waals surface area (Å²) >= 11 is 12.2. The van der Waals surface area contributed by atoms with Gasteiger partial charge in [0.05, 0.1) is 78.8 Å². The van der Waals surface area contributed by atoms with Gasteiger partial charge in [-0.25, -0.2) is 39.9 Å². The van der Waals surface area contributed by atoms with E-state index in [1.54, 1.807) is 12.4 Å². The van der Waals surface area contributed by atoms with Crippen molar-refractivity contribution < 1.29 is 101 Å². The molecule has 150 heavy (non-hydrogen) atoms. The second-order valence-electron chi connectivity index (χ2n) is 39.3. The van der Waals surface area contributed by atoms with Crippen LogP contribution in [0.4, 0.5) is 0 Å². The van der Waals surface area contributed by atoms with Crippen LogP contribution in [0.2, 0.25) is 0 Å². The first-order chi connectivity index (χ1) is 70.2. The van der Waals surface area contributed by atoms with Crippen LogP contribution in [0.1, 0.15) is 100 Å². The molecule has 1 radical (unpaired) electrons. The van der Waals surface area contributed by atoms with Crippen molar-refractivity contribution in [1.82, 2.24) is 115 Å². The van der Waals surface area contributed by atoms with Crippen LogP contribution < -0.4 is 9.97 Å². The quantitative estimate of drug-likeness (QED) is 0.0940. The van der Waals surface area contributed by atoms with Crippen molar-refractivity contribution in [3.05, 3.63) is 362 Å². The average Bonchev–Trinajstić information content (AvgIpc) is 1.59. The van der Waals surface area contributed by atoms with Gasteiger partial charge in [0.25, 0.3) is 0 Å². The Morgan fingerprint density at radius 3 is 0.860 bits per heavy atom. The Kier molecular flexibility index (Phi) is 28.5. The molecule has 32 bridgehead atoms. The molecule has 11 aromatic carbocycles. The Labute approximate surface area is 930 Å². The van der Waals surface area contributed by atoms with E-state index in [1.165, 1.54) is 0 Å². The summed E-state index contributed by atoms with van der Waals surface area (Å²) < 4.78 is 23.6. The van der Waals surface area contributed by atoms with Crippen LogP contribution in [0.5, 0.6) is 23.0 Å². The fourth-order valence-corrected chi connectivity index (χ4v) is 21.0. The van der Waals surface area contributed by atoms with Crippen molar-refractivity contribution in [2.75, 3.05) is 0 Å². The molecule has 14 heterocycles. The Bertz CT molecular complexity index is 8600.